The monoisotopic (exact) mass is 232 g/mol. The van der Waals surface area contributed by atoms with Crippen LogP contribution in [0.3, 0.4) is 0 Å². The van der Waals surface area contributed by atoms with Crippen LogP contribution in [0.2, 0.25) is 0 Å². The Kier molecular flexibility index (Phi) is 3.46. The van der Waals surface area contributed by atoms with Gasteiger partial charge in [-0.3, -0.25) is 0 Å². The maximum Gasteiger partial charge on any atom is 0.119 e. The van der Waals surface area contributed by atoms with Crippen LogP contribution in [0.1, 0.15) is 57.1 Å². The molecule has 1 aromatic rings. The van der Waals surface area contributed by atoms with Crippen LogP contribution in [0.5, 0.6) is 5.75 Å². The molecule has 0 spiro atoms. The van der Waals surface area contributed by atoms with Gasteiger partial charge in [-0.25, -0.2) is 0 Å². The van der Waals surface area contributed by atoms with Crippen LogP contribution in [-0.2, 0) is 6.42 Å². The highest BCUT2D eigenvalue weighted by Gasteiger charge is 2.42. The molecule has 0 bridgehead atoms. The summed E-state index contributed by atoms with van der Waals surface area (Å²) in [6.07, 6.45) is 5.03. The molecule has 0 aliphatic heterocycles. The number of ether oxygens (including phenoxy) is 1. The molecule has 1 atom stereocenters. The fraction of sp³-hybridized carbons (Fsp3) is 0.625. The van der Waals surface area contributed by atoms with Crippen LogP contribution in [0.25, 0.3) is 0 Å². The van der Waals surface area contributed by atoms with Crippen molar-refractivity contribution >= 4 is 0 Å². The Balaban J connectivity index is 2.43. The summed E-state index contributed by atoms with van der Waals surface area (Å²) in [6.45, 7) is 7.01. The van der Waals surface area contributed by atoms with E-state index in [2.05, 4.69) is 39.0 Å². The van der Waals surface area contributed by atoms with E-state index >= 15 is 0 Å². The minimum Gasteiger partial charge on any atom is -0.497 e. The average molecular weight is 232 g/mol. The average Bonchev–Trinajstić information content (AvgIpc) is 2.71. The van der Waals surface area contributed by atoms with E-state index in [1.165, 1.54) is 31.2 Å². The maximum atomic E-state index is 5.34. The van der Waals surface area contributed by atoms with Gasteiger partial charge in [0.25, 0.3) is 0 Å². The topological polar surface area (TPSA) is 9.23 Å². The van der Waals surface area contributed by atoms with E-state index < -0.39 is 0 Å². The summed E-state index contributed by atoms with van der Waals surface area (Å²) in [6, 6.07) is 6.64. The Labute approximate surface area is 105 Å². The highest BCUT2D eigenvalue weighted by Crippen LogP contribution is 2.53. The van der Waals surface area contributed by atoms with Crippen molar-refractivity contribution in [2.75, 3.05) is 7.11 Å². The molecule has 0 radical (unpaired) electrons. The van der Waals surface area contributed by atoms with Crippen molar-refractivity contribution in [1.82, 2.24) is 0 Å². The van der Waals surface area contributed by atoms with Crippen LogP contribution >= 0.6 is 0 Å². The first kappa shape index (κ1) is 12.5. The molecule has 0 fully saturated rings. The van der Waals surface area contributed by atoms with Crippen molar-refractivity contribution in [2.45, 2.75) is 52.4 Å². The number of fused-ring (bicyclic) bond motifs is 1. The van der Waals surface area contributed by atoms with E-state index in [9.17, 15) is 0 Å². The Hall–Kier alpha value is -0.980. The molecule has 0 amide bonds. The predicted octanol–water partition coefficient (Wildman–Crippen LogP) is 4.55. The zero-order valence-electron chi connectivity index (χ0n) is 11.5. The first-order chi connectivity index (χ1) is 8.20. The Bertz CT molecular complexity index is 391. The van der Waals surface area contributed by atoms with Crippen LogP contribution in [0.15, 0.2) is 18.2 Å². The van der Waals surface area contributed by atoms with Crippen molar-refractivity contribution in [1.29, 1.82) is 0 Å². The summed E-state index contributed by atoms with van der Waals surface area (Å²) in [5.41, 5.74) is 3.57. The van der Waals surface area contributed by atoms with Gasteiger partial charge in [-0.1, -0.05) is 26.8 Å². The minimum absolute atomic E-state index is 0.490. The van der Waals surface area contributed by atoms with E-state index in [0.717, 1.165) is 11.7 Å². The lowest BCUT2D eigenvalue weighted by atomic mass is 9.71. The van der Waals surface area contributed by atoms with Gasteiger partial charge in [-0.2, -0.15) is 0 Å². The first-order valence-corrected chi connectivity index (χ1v) is 6.87. The SMILES string of the molecule is CC[C@@H]1c2ccc(OC)cc2CC1(CC)CC. The molecule has 0 unspecified atom stereocenters. The normalized spacial score (nSPS) is 21.3. The highest BCUT2D eigenvalue weighted by atomic mass is 16.5. The van der Waals surface area contributed by atoms with Gasteiger partial charge in [-0.15, -0.1) is 0 Å². The first-order valence-electron chi connectivity index (χ1n) is 6.87. The van der Waals surface area contributed by atoms with Crippen molar-refractivity contribution < 1.29 is 4.74 Å². The van der Waals surface area contributed by atoms with Crippen LogP contribution < -0.4 is 4.74 Å². The summed E-state index contributed by atoms with van der Waals surface area (Å²) < 4.78 is 5.34. The lowest BCUT2D eigenvalue weighted by molar-refractivity contribution is 0.217. The summed E-state index contributed by atoms with van der Waals surface area (Å²) in [4.78, 5) is 0. The fourth-order valence-electron chi connectivity index (χ4n) is 3.68. The Morgan fingerprint density at radius 3 is 2.47 bits per heavy atom. The largest absolute Gasteiger partial charge is 0.497 e. The summed E-state index contributed by atoms with van der Waals surface area (Å²) in [5, 5.41) is 0. The molecule has 0 saturated heterocycles. The fourth-order valence-corrected chi connectivity index (χ4v) is 3.68. The lowest BCUT2D eigenvalue weighted by Crippen LogP contribution is -2.24. The molecule has 1 heteroatoms. The van der Waals surface area contributed by atoms with Gasteiger partial charge in [0.1, 0.15) is 5.75 Å². The highest BCUT2D eigenvalue weighted by molar-refractivity contribution is 5.43. The smallest absolute Gasteiger partial charge is 0.119 e. The third kappa shape index (κ3) is 1.86. The standard InChI is InChI=1S/C16H24O/c1-5-15-14-9-8-13(17-4)10-12(14)11-16(15,6-2)7-3/h8-10,15H,5-7,11H2,1-4H3/t15-/m1/s1. The number of hydrogen-bond acceptors (Lipinski definition) is 1. The van der Waals surface area contributed by atoms with E-state index in [-0.39, 0.29) is 0 Å². The quantitative estimate of drug-likeness (QED) is 0.740. The molecule has 0 aromatic heterocycles. The molecule has 2 rings (SSSR count). The van der Waals surface area contributed by atoms with Crippen molar-refractivity contribution in [3.05, 3.63) is 29.3 Å². The van der Waals surface area contributed by atoms with Gasteiger partial charge in [0, 0.05) is 0 Å². The van der Waals surface area contributed by atoms with E-state index in [1.807, 2.05) is 0 Å². The zero-order chi connectivity index (χ0) is 12.5. The molecular formula is C16H24O. The Morgan fingerprint density at radius 1 is 1.24 bits per heavy atom. The molecule has 0 heterocycles. The lowest BCUT2D eigenvalue weighted by Gasteiger charge is -2.33. The number of methoxy groups -OCH3 is 1. The minimum atomic E-state index is 0.490. The number of rotatable bonds is 4. The van der Waals surface area contributed by atoms with Crippen LogP contribution in [0, 0.1) is 5.41 Å². The maximum absolute atomic E-state index is 5.34. The predicted molar refractivity (Wildman–Crippen MR) is 72.7 cm³/mol. The zero-order valence-corrected chi connectivity index (χ0v) is 11.5. The van der Waals surface area contributed by atoms with Gasteiger partial charge in [0.05, 0.1) is 7.11 Å². The van der Waals surface area contributed by atoms with Crippen LogP contribution in [0.4, 0.5) is 0 Å². The molecular weight excluding hydrogens is 208 g/mol. The molecule has 0 saturated carbocycles. The van der Waals surface area contributed by atoms with Gasteiger partial charge in [0.15, 0.2) is 0 Å². The van der Waals surface area contributed by atoms with Gasteiger partial charge in [-0.05, 0) is 60.3 Å². The summed E-state index contributed by atoms with van der Waals surface area (Å²) in [5.74, 6) is 1.74. The van der Waals surface area contributed by atoms with Gasteiger partial charge in [0.2, 0.25) is 0 Å². The van der Waals surface area contributed by atoms with E-state index in [4.69, 9.17) is 4.74 Å². The molecule has 1 aromatic carbocycles. The number of hydrogen-bond donors (Lipinski definition) is 0. The van der Waals surface area contributed by atoms with Gasteiger partial charge >= 0.3 is 0 Å². The second-order valence-corrected chi connectivity index (χ2v) is 5.27. The van der Waals surface area contributed by atoms with Crippen molar-refractivity contribution in [3.63, 3.8) is 0 Å². The third-order valence-corrected chi connectivity index (χ3v) is 4.82. The van der Waals surface area contributed by atoms with Crippen LogP contribution in [-0.4, -0.2) is 7.11 Å². The van der Waals surface area contributed by atoms with E-state index in [0.29, 0.717) is 5.41 Å². The molecule has 1 aliphatic carbocycles. The Morgan fingerprint density at radius 2 is 1.94 bits per heavy atom. The van der Waals surface area contributed by atoms with Gasteiger partial charge < -0.3 is 4.74 Å². The second kappa shape index (κ2) is 4.72. The molecule has 94 valence electrons. The third-order valence-electron chi connectivity index (χ3n) is 4.82. The second-order valence-electron chi connectivity index (χ2n) is 5.27. The molecule has 17 heavy (non-hydrogen) atoms. The number of benzene rings is 1. The van der Waals surface area contributed by atoms with Crippen molar-refractivity contribution in [3.8, 4) is 5.75 Å². The molecule has 1 aliphatic rings. The van der Waals surface area contributed by atoms with E-state index in [1.54, 1.807) is 12.7 Å². The summed E-state index contributed by atoms with van der Waals surface area (Å²) in [7, 11) is 1.75. The molecule has 1 nitrogen and oxygen atoms in total. The summed E-state index contributed by atoms with van der Waals surface area (Å²) >= 11 is 0. The van der Waals surface area contributed by atoms with Crippen molar-refractivity contribution in [2.24, 2.45) is 5.41 Å². The molecule has 0 N–H and O–H groups in total.